The van der Waals surface area contributed by atoms with Gasteiger partial charge < -0.3 is 10.0 Å². The summed E-state index contributed by atoms with van der Waals surface area (Å²) in [5, 5.41) is 12.9. The van der Waals surface area contributed by atoms with Gasteiger partial charge in [-0.15, -0.1) is 11.3 Å². The van der Waals surface area contributed by atoms with Crippen molar-refractivity contribution in [3.05, 3.63) is 35.2 Å². The monoisotopic (exact) mass is 304 g/mol. The summed E-state index contributed by atoms with van der Waals surface area (Å²) in [5.74, 6) is -0.749. The summed E-state index contributed by atoms with van der Waals surface area (Å²) in [7, 11) is 0. The fraction of sp³-hybridized carbons (Fsp3) is 0.438. The smallest absolute Gasteiger partial charge is 0.325 e. The number of aliphatic carboxylic acids is 1. The van der Waals surface area contributed by atoms with Gasteiger partial charge in [-0.05, 0) is 28.9 Å². The van der Waals surface area contributed by atoms with Crippen molar-refractivity contribution in [2.24, 2.45) is 0 Å². The molecule has 5 heteroatoms. The first-order valence-electron chi connectivity index (χ1n) is 7.36. The third-order valence-corrected chi connectivity index (χ3v) is 5.24. The molecule has 4 nitrogen and oxygen atoms in total. The van der Waals surface area contributed by atoms with E-state index in [4.69, 9.17) is 0 Å². The number of thiophene rings is 1. The number of piperazine rings is 1. The molecule has 1 aliphatic heterocycles. The van der Waals surface area contributed by atoms with Gasteiger partial charge in [0.2, 0.25) is 0 Å². The summed E-state index contributed by atoms with van der Waals surface area (Å²) in [4.78, 5) is 16.3. The Hall–Kier alpha value is -1.43. The zero-order valence-corrected chi connectivity index (χ0v) is 13.0. The minimum atomic E-state index is -0.749. The molecular formula is C16H20N2O2S. The number of hydrogen-bond donors (Lipinski definition) is 1. The zero-order chi connectivity index (χ0) is 14.8. The molecule has 2 aromatic rings. The van der Waals surface area contributed by atoms with Crippen LogP contribution in [0.4, 0.5) is 0 Å². The van der Waals surface area contributed by atoms with E-state index >= 15 is 0 Å². The van der Waals surface area contributed by atoms with Gasteiger partial charge in [-0.1, -0.05) is 25.1 Å². The zero-order valence-electron chi connectivity index (χ0n) is 12.2. The molecule has 0 amide bonds. The minimum Gasteiger partial charge on any atom is -0.480 e. The van der Waals surface area contributed by atoms with Crippen molar-refractivity contribution in [2.45, 2.75) is 13.0 Å². The highest BCUT2D eigenvalue weighted by molar-refractivity contribution is 7.17. The molecular weight excluding hydrogens is 284 g/mol. The quantitative estimate of drug-likeness (QED) is 0.943. The lowest BCUT2D eigenvalue weighted by Crippen LogP contribution is -2.49. The molecule has 112 valence electrons. The fourth-order valence-electron chi connectivity index (χ4n) is 3.06. The van der Waals surface area contributed by atoms with E-state index in [0.717, 1.165) is 48.4 Å². The van der Waals surface area contributed by atoms with Gasteiger partial charge >= 0.3 is 5.97 Å². The highest BCUT2D eigenvalue weighted by atomic mass is 32.1. The number of fused-ring (bicyclic) bond motifs is 1. The molecule has 1 N–H and O–H groups in total. The third kappa shape index (κ3) is 2.81. The number of benzene rings is 1. The van der Waals surface area contributed by atoms with Crippen molar-refractivity contribution in [3.8, 4) is 0 Å². The van der Waals surface area contributed by atoms with Gasteiger partial charge in [0.05, 0.1) is 0 Å². The van der Waals surface area contributed by atoms with Crippen LogP contribution in [0.3, 0.4) is 0 Å². The Morgan fingerprint density at radius 3 is 2.71 bits per heavy atom. The Morgan fingerprint density at radius 1 is 1.29 bits per heavy atom. The number of carbonyl (C=O) groups is 1. The Morgan fingerprint density at radius 2 is 2.05 bits per heavy atom. The number of likely N-dealkylation sites (N-methyl/N-ethyl adjacent to an activating group) is 1. The van der Waals surface area contributed by atoms with Gasteiger partial charge in [0.15, 0.2) is 0 Å². The highest BCUT2D eigenvalue weighted by Crippen LogP contribution is 2.32. The first kappa shape index (κ1) is 14.5. The molecule has 1 saturated heterocycles. The summed E-state index contributed by atoms with van der Waals surface area (Å²) < 4.78 is 1.10. The lowest BCUT2D eigenvalue weighted by atomic mass is 10.0. The van der Waals surface area contributed by atoms with E-state index in [1.54, 1.807) is 11.3 Å². The average molecular weight is 304 g/mol. The molecule has 1 aromatic carbocycles. The number of hydrogen-bond acceptors (Lipinski definition) is 4. The SMILES string of the molecule is CCN1CCN([C@@H](C(=O)O)c2cccc3ccsc23)CC1. The van der Waals surface area contributed by atoms with Gasteiger partial charge in [-0.25, -0.2) is 0 Å². The van der Waals surface area contributed by atoms with Crippen molar-refractivity contribution >= 4 is 27.4 Å². The first-order valence-corrected chi connectivity index (χ1v) is 8.24. The van der Waals surface area contributed by atoms with E-state index in [-0.39, 0.29) is 0 Å². The van der Waals surface area contributed by atoms with Crippen LogP contribution in [0.15, 0.2) is 29.6 Å². The molecule has 2 heterocycles. The molecule has 1 atom stereocenters. The van der Waals surface area contributed by atoms with Gasteiger partial charge in [0.25, 0.3) is 0 Å². The molecule has 3 rings (SSSR count). The van der Waals surface area contributed by atoms with E-state index in [2.05, 4.69) is 22.8 Å². The predicted octanol–water partition coefficient (Wildman–Crippen LogP) is 2.66. The largest absolute Gasteiger partial charge is 0.480 e. The number of carboxylic acid groups (broad SMARTS) is 1. The van der Waals surface area contributed by atoms with Crippen LogP contribution in [0.25, 0.3) is 10.1 Å². The summed E-state index contributed by atoms with van der Waals surface area (Å²) >= 11 is 1.63. The van der Waals surface area contributed by atoms with E-state index in [1.807, 2.05) is 23.6 Å². The standard InChI is InChI=1S/C16H20N2O2S/c1-2-17-7-9-18(10-8-17)14(16(19)20)13-5-3-4-12-6-11-21-15(12)13/h3-6,11,14H,2,7-10H2,1H3,(H,19,20)/t14-/m1/s1. The third-order valence-electron chi connectivity index (χ3n) is 4.26. The lowest BCUT2D eigenvalue weighted by Gasteiger charge is -2.37. The van der Waals surface area contributed by atoms with Crippen LogP contribution >= 0.6 is 11.3 Å². The fourth-order valence-corrected chi connectivity index (χ4v) is 3.99. The molecule has 21 heavy (non-hydrogen) atoms. The maximum absolute atomic E-state index is 11.9. The first-order chi connectivity index (χ1) is 10.2. The molecule has 1 aliphatic rings. The van der Waals surface area contributed by atoms with E-state index in [1.165, 1.54) is 0 Å². The molecule has 1 fully saturated rings. The highest BCUT2D eigenvalue weighted by Gasteiger charge is 2.31. The molecule has 0 saturated carbocycles. The van der Waals surface area contributed by atoms with Gasteiger partial charge in [-0.3, -0.25) is 9.69 Å². The number of nitrogens with zero attached hydrogens (tertiary/aromatic N) is 2. The molecule has 1 aromatic heterocycles. The molecule has 0 spiro atoms. The van der Waals surface area contributed by atoms with Crippen LogP contribution in [0.5, 0.6) is 0 Å². The maximum atomic E-state index is 11.9. The summed E-state index contributed by atoms with van der Waals surface area (Å²) in [5.41, 5.74) is 0.931. The molecule has 0 bridgehead atoms. The van der Waals surface area contributed by atoms with Crippen molar-refractivity contribution in [2.75, 3.05) is 32.7 Å². The van der Waals surface area contributed by atoms with Crippen molar-refractivity contribution in [1.82, 2.24) is 9.80 Å². The van der Waals surface area contributed by atoms with Crippen LogP contribution in [-0.2, 0) is 4.79 Å². The van der Waals surface area contributed by atoms with Gasteiger partial charge in [0.1, 0.15) is 6.04 Å². The molecule has 0 unspecified atom stereocenters. The van der Waals surface area contributed by atoms with Crippen LogP contribution in [0, 0.1) is 0 Å². The minimum absolute atomic E-state index is 0.536. The number of rotatable bonds is 4. The lowest BCUT2D eigenvalue weighted by molar-refractivity contribution is -0.144. The second-order valence-electron chi connectivity index (χ2n) is 5.40. The molecule has 0 radical (unpaired) electrons. The van der Waals surface area contributed by atoms with Crippen molar-refractivity contribution in [3.63, 3.8) is 0 Å². The molecule has 0 aliphatic carbocycles. The Labute approximate surface area is 128 Å². The van der Waals surface area contributed by atoms with Gasteiger partial charge in [-0.2, -0.15) is 0 Å². The average Bonchev–Trinajstić information content (AvgIpc) is 2.97. The maximum Gasteiger partial charge on any atom is 0.325 e. The topological polar surface area (TPSA) is 43.8 Å². The van der Waals surface area contributed by atoms with E-state index in [9.17, 15) is 9.90 Å². The van der Waals surface area contributed by atoms with Crippen molar-refractivity contribution < 1.29 is 9.90 Å². The summed E-state index contributed by atoms with van der Waals surface area (Å²) in [6, 6.07) is 7.49. The van der Waals surface area contributed by atoms with Gasteiger partial charge in [0, 0.05) is 30.9 Å². The van der Waals surface area contributed by atoms with Crippen LogP contribution in [0.1, 0.15) is 18.5 Å². The van der Waals surface area contributed by atoms with Crippen LogP contribution in [0.2, 0.25) is 0 Å². The summed E-state index contributed by atoms with van der Waals surface area (Å²) in [6.45, 7) is 6.70. The second kappa shape index (κ2) is 6.13. The van der Waals surface area contributed by atoms with Crippen LogP contribution < -0.4 is 0 Å². The predicted molar refractivity (Wildman–Crippen MR) is 85.9 cm³/mol. The normalized spacial score (nSPS) is 18.9. The Kier molecular flexibility index (Phi) is 4.24. The number of carboxylic acids is 1. The Bertz CT molecular complexity index is 632. The second-order valence-corrected chi connectivity index (χ2v) is 6.31. The summed E-state index contributed by atoms with van der Waals surface area (Å²) in [6.07, 6.45) is 0. The van der Waals surface area contributed by atoms with E-state index in [0.29, 0.717) is 0 Å². The van der Waals surface area contributed by atoms with Crippen LogP contribution in [-0.4, -0.2) is 53.6 Å². The van der Waals surface area contributed by atoms with E-state index < -0.39 is 12.0 Å². The Balaban J connectivity index is 1.92. The van der Waals surface area contributed by atoms with Crippen molar-refractivity contribution in [1.29, 1.82) is 0 Å².